The van der Waals surface area contributed by atoms with E-state index in [0.29, 0.717) is 22.8 Å². The quantitative estimate of drug-likeness (QED) is 0.753. The minimum absolute atomic E-state index is 0.109. The van der Waals surface area contributed by atoms with Gasteiger partial charge in [-0.15, -0.1) is 0 Å². The lowest BCUT2D eigenvalue weighted by Gasteiger charge is -2.08. The Morgan fingerprint density at radius 3 is 2.09 bits per heavy atom. The zero-order valence-corrected chi connectivity index (χ0v) is 12.5. The molecule has 0 aromatic heterocycles. The fraction of sp³-hybridized carbons (Fsp3) is 0.176. The van der Waals surface area contributed by atoms with Crippen LogP contribution < -0.4 is 14.2 Å². The molecule has 0 aliphatic heterocycles. The molecule has 6 nitrogen and oxygen atoms in total. The summed E-state index contributed by atoms with van der Waals surface area (Å²) in [5, 5.41) is 8.52. The van der Waals surface area contributed by atoms with Gasteiger partial charge in [-0.2, -0.15) is 0 Å². The van der Waals surface area contributed by atoms with Crippen LogP contribution in [0.3, 0.4) is 0 Å². The summed E-state index contributed by atoms with van der Waals surface area (Å²) < 4.78 is 15.5. The molecule has 0 fully saturated rings. The van der Waals surface area contributed by atoms with Crippen molar-refractivity contribution in [1.29, 1.82) is 0 Å². The second kappa shape index (κ2) is 7.84. The molecule has 6 heteroatoms. The predicted octanol–water partition coefficient (Wildman–Crippen LogP) is 2.42. The van der Waals surface area contributed by atoms with E-state index < -0.39 is 12.6 Å². The lowest BCUT2D eigenvalue weighted by molar-refractivity contribution is -0.139. The van der Waals surface area contributed by atoms with Gasteiger partial charge >= 0.3 is 5.97 Å². The fourth-order valence-corrected chi connectivity index (χ4v) is 1.81. The van der Waals surface area contributed by atoms with Crippen LogP contribution in [0.25, 0.3) is 0 Å². The van der Waals surface area contributed by atoms with Crippen molar-refractivity contribution in [3.8, 4) is 17.2 Å². The molecule has 0 saturated heterocycles. The molecule has 23 heavy (non-hydrogen) atoms. The van der Waals surface area contributed by atoms with Gasteiger partial charge in [-0.1, -0.05) is 12.1 Å². The third-order valence-electron chi connectivity index (χ3n) is 2.95. The second-order valence-electron chi connectivity index (χ2n) is 4.60. The summed E-state index contributed by atoms with van der Waals surface area (Å²) >= 11 is 0. The molecule has 1 N–H and O–H groups in total. The number of ketones is 1. The van der Waals surface area contributed by atoms with Crippen molar-refractivity contribution in [1.82, 2.24) is 0 Å². The van der Waals surface area contributed by atoms with Crippen molar-refractivity contribution in [2.45, 2.75) is 0 Å². The number of carboxylic acid groups (broad SMARTS) is 1. The van der Waals surface area contributed by atoms with Crippen LogP contribution in [0.2, 0.25) is 0 Å². The van der Waals surface area contributed by atoms with Gasteiger partial charge in [-0.05, 0) is 36.4 Å². The molecule has 0 atom stereocenters. The number of hydrogen-bond donors (Lipinski definition) is 1. The minimum Gasteiger partial charge on any atom is -0.497 e. The van der Waals surface area contributed by atoms with Gasteiger partial charge in [-0.25, -0.2) is 4.79 Å². The maximum absolute atomic E-state index is 12.1. The number of carbonyl (C=O) groups excluding carboxylic acids is 1. The average molecular weight is 316 g/mol. The molecule has 120 valence electrons. The Hall–Kier alpha value is -3.02. The Morgan fingerprint density at radius 2 is 1.52 bits per heavy atom. The monoisotopic (exact) mass is 316 g/mol. The van der Waals surface area contributed by atoms with Crippen molar-refractivity contribution in [2.24, 2.45) is 0 Å². The summed E-state index contributed by atoms with van der Waals surface area (Å²) in [6.45, 7) is -0.517. The number of hydrogen-bond acceptors (Lipinski definition) is 5. The van der Waals surface area contributed by atoms with Gasteiger partial charge in [0.25, 0.3) is 0 Å². The highest BCUT2D eigenvalue weighted by molar-refractivity contribution is 5.97. The number of ether oxygens (including phenoxy) is 3. The van der Waals surface area contributed by atoms with E-state index in [1.54, 1.807) is 48.5 Å². The summed E-state index contributed by atoms with van der Waals surface area (Å²) in [6.07, 6.45) is 0. The van der Waals surface area contributed by atoms with Crippen molar-refractivity contribution in [3.05, 3.63) is 54.1 Å². The van der Waals surface area contributed by atoms with Crippen molar-refractivity contribution in [3.63, 3.8) is 0 Å². The Labute approximate surface area is 133 Å². The first-order valence-corrected chi connectivity index (χ1v) is 6.83. The Balaban J connectivity index is 1.89. The Bertz CT molecular complexity index is 678. The van der Waals surface area contributed by atoms with Crippen LogP contribution in [0.15, 0.2) is 48.5 Å². The lowest BCUT2D eigenvalue weighted by atomic mass is 10.1. The molecule has 0 amide bonds. The molecule has 0 unspecified atom stereocenters. The summed E-state index contributed by atoms with van der Waals surface area (Å²) in [5.41, 5.74) is 0.505. The number of rotatable bonds is 8. The van der Waals surface area contributed by atoms with Crippen LogP contribution in [0.5, 0.6) is 17.2 Å². The normalized spacial score (nSPS) is 9.96. The highest BCUT2D eigenvalue weighted by atomic mass is 16.5. The smallest absolute Gasteiger partial charge is 0.341 e. The number of aliphatic carboxylic acids is 1. The second-order valence-corrected chi connectivity index (χ2v) is 4.60. The SMILES string of the molecule is COc1cccc(C(=O)COc2ccc(OCC(=O)O)cc2)c1. The van der Waals surface area contributed by atoms with Gasteiger partial charge in [0.15, 0.2) is 19.0 Å². The van der Waals surface area contributed by atoms with Crippen molar-refractivity contribution >= 4 is 11.8 Å². The summed E-state index contributed by atoms with van der Waals surface area (Å²) in [5.74, 6) is 0.294. The van der Waals surface area contributed by atoms with E-state index in [1.807, 2.05) is 0 Å². The van der Waals surface area contributed by atoms with E-state index in [1.165, 1.54) is 7.11 Å². The third kappa shape index (κ3) is 5.03. The molecule has 0 spiro atoms. The van der Waals surface area contributed by atoms with Crippen LogP contribution in [0.1, 0.15) is 10.4 Å². The van der Waals surface area contributed by atoms with E-state index >= 15 is 0 Å². The molecule has 2 aromatic carbocycles. The van der Waals surface area contributed by atoms with Crippen LogP contribution in [0, 0.1) is 0 Å². The number of carbonyl (C=O) groups is 2. The topological polar surface area (TPSA) is 82.1 Å². The molecule has 2 rings (SSSR count). The van der Waals surface area contributed by atoms with Crippen LogP contribution in [0.4, 0.5) is 0 Å². The number of carboxylic acids is 1. The number of Topliss-reactive ketones (excluding diaryl/α,β-unsaturated/α-hetero) is 1. The molecule has 0 saturated carbocycles. The highest BCUT2D eigenvalue weighted by Gasteiger charge is 2.08. The zero-order valence-electron chi connectivity index (χ0n) is 12.5. The molecule has 0 aliphatic carbocycles. The Kier molecular flexibility index (Phi) is 5.57. The molecule has 0 aliphatic rings. The van der Waals surface area contributed by atoms with E-state index in [-0.39, 0.29) is 12.4 Å². The highest BCUT2D eigenvalue weighted by Crippen LogP contribution is 2.18. The average Bonchev–Trinajstić information content (AvgIpc) is 2.58. The van der Waals surface area contributed by atoms with Crippen LogP contribution >= 0.6 is 0 Å². The third-order valence-corrected chi connectivity index (χ3v) is 2.95. The fourth-order valence-electron chi connectivity index (χ4n) is 1.81. The molecule has 0 radical (unpaired) electrons. The maximum atomic E-state index is 12.1. The number of methoxy groups -OCH3 is 1. The molecule has 2 aromatic rings. The summed E-state index contributed by atoms with van der Waals surface area (Å²) in [4.78, 5) is 22.5. The number of benzene rings is 2. The predicted molar refractivity (Wildman–Crippen MR) is 82.4 cm³/mol. The van der Waals surface area contributed by atoms with Gasteiger partial charge in [0.2, 0.25) is 0 Å². The largest absolute Gasteiger partial charge is 0.497 e. The first-order valence-electron chi connectivity index (χ1n) is 6.83. The van der Waals surface area contributed by atoms with Gasteiger partial charge in [-0.3, -0.25) is 4.79 Å². The van der Waals surface area contributed by atoms with Gasteiger partial charge < -0.3 is 19.3 Å². The molecular formula is C17H16O6. The van der Waals surface area contributed by atoms with E-state index in [0.717, 1.165) is 0 Å². The van der Waals surface area contributed by atoms with Crippen LogP contribution in [-0.4, -0.2) is 37.2 Å². The summed E-state index contributed by atoms with van der Waals surface area (Å²) in [6, 6.07) is 13.2. The van der Waals surface area contributed by atoms with E-state index in [2.05, 4.69) is 0 Å². The molecular weight excluding hydrogens is 300 g/mol. The summed E-state index contributed by atoms with van der Waals surface area (Å²) in [7, 11) is 1.54. The first kappa shape index (κ1) is 16.4. The minimum atomic E-state index is -1.05. The van der Waals surface area contributed by atoms with Gasteiger partial charge in [0.05, 0.1) is 7.11 Å². The van der Waals surface area contributed by atoms with Crippen molar-refractivity contribution in [2.75, 3.05) is 20.3 Å². The van der Waals surface area contributed by atoms with Gasteiger partial charge in [0, 0.05) is 5.56 Å². The Morgan fingerprint density at radius 1 is 0.913 bits per heavy atom. The zero-order chi connectivity index (χ0) is 16.7. The van der Waals surface area contributed by atoms with E-state index in [9.17, 15) is 9.59 Å². The molecule has 0 bridgehead atoms. The van der Waals surface area contributed by atoms with Crippen LogP contribution in [-0.2, 0) is 4.79 Å². The lowest BCUT2D eigenvalue weighted by Crippen LogP contribution is -2.12. The standard InChI is InChI=1S/C17H16O6/c1-21-15-4-2-3-12(9-15)16(18)10-22-13-5-7-14(8-6-13)23-11-17(19)20/h2-9H,10-11H2,1H3,(H,19,20). The van der Waals surface area contributed by atoms with Gasteiger partial charge in [0.1, 0.15) is 17.2 Å². The van der Waals surface area contributed by atoms with E-state index in [4.69, 9.17) is 19.3 Å². The maximum Gasteiger partial charge on any atom is 0.341 e. The molecule has 0 heterocycles. The first-order chi connectivity index (χ1) is 11.1. The van der Waals surface area contributed by atoms with Crippen molar-refractivity contribution < 1.29 is 28.9 Å².